The van der Waals surface area contributed by atoms with Gasteiger partial charge < -0.3 is 5.11 Å². The molecule has 2 heteroatoms. The molecule has 1 aliphatic rings. The van der Waals surface area contributed by atoms with E-state index in [1.54, 1.807) is 12.1 Å². The minimum Gasteiger partial charge on any atom is -0.508 e. The third-order valence-corrected chi connectivity index (χ3v) is 5.68. The van der Waals surface area contributed by atoms with Crippen molar-refractivity contribution in [3.63, 3.8) is 0 Å². The van der Waals surface area contributed by atoms with Crippen LogP contribution in [0.2, 0.25) is 0 Å². The second-order valence-electron chi connectivity index (χ2n) is 7.16. The second-order valence-corrected chi connectivity index (χ2v) is 7.16. The Hall–Kier alpha value is -2.58. The molecule has 3 aromatic carbocycles. The third-order valence-electron chi connectivity index (χ3n) is 5.68. The highest BCUT2D eigenvalue weighted by Gasteiger charge is 2.39. The fourth-order valence-electron chi connectivity index (χ4n) is 4.17. The Bertz CT molecular complexity index is 829. The lowest BCUT2D eigenvalue weighted by molar-refractivity contribution is 0.0376. The summed E-state index contributed by atoms with van der Waals surface area (Å²) in [7, 11) is 0. The van der Waals surface area contributed by atoms with Crippen LogP contribution in [-0.4, -0.2) is 22.6 Å². The van der Waals surface area contributed by atoms with Crippen LogP contribution >= 0.6 is 0 Å². The van der Waals surface area contributed by atoms with E-state index in [2.05, 4.69) is 84.6 Å². The summed E-state index contributed by atoms with van der Waals surface area (Å²) in [4.78, 5) is 2.61. The minimum absolute atomic E-state index is 0.316. The van der Waals surface area contributed by atoms with Gasteiger partial charge in [-0.15, -0.1) is 0 Å². The predicted octanol–water partition coefficient (Wildman–Crippen LogP) is 5.36. The fraction of sp³-hybridized carbons (Fsp3) is 0.250. The van der Waals surface area contributed by atoms with Crippen LogP contribution in [0.15, 0.2) is 84.9 Å². The van der Waals surface area contributed by atoms with Crippen molar-refractivity contribution in [3.05, 3.63) is 102 Å². The van der Waals surface area contributed by atoms with E-state index in [1.807, 2.05) is 0 Å². The lowest BCUT2D eigenvalue weighted by Gasteiger charge is -2.49. The number of nitrogens with zero attached hydrogens (tertiary/aromatic N) is 1. The Balaban J connectivity index is 1.67. The molecule has 0 radical (unpaired) electrons. The maximum atomic E-state index is 9.70. The first-order valence-corrected chi connectivity index (χ1v) is 9.38. The highest BCUT2D eigenvalue weighted by Crippen LogP contribution is 2.41. The third kappa shape index (κ3) is 3.25. The number of phenols is 1. The Kier molecular flexibility index (Phi) is 4.77. The van der Waals surface area contributed by atoms with Gasteiger partial charge in [-0.25, -0.2) is 0 Å². The number of phenolic OH excluding ortho intramolecular Hbond substituents is 1. The summed E-state index contributed by atoms with van der Waals surface area (Å²) in [6, 6.07) is 30.1. The molecule has 1 saturated heterocycles. The fourth-order valence-corrected chi connectivity index (χ4v) is 4.17. The molecule has 4 rings (SSSR count). The van der Waals surface area contributed by atoms with Crippen molar-refractivity contribution < 1.29 is 5.11 Å². The van der Waals surface area contributed by atoms with Gasteiger partial charge in [0.05, 0.1) is 0 Å². The van der Waals surface area contributed by atoms with E-state index in [-0.39, 0.29) is 0 Å². The van der Waals surface area contributed by atoms with Gasteiger partial charge in [-0.1, -0.05) is 72.8 Å². The first-order valence-electron chi connectivity index (χ1n) is 9.38. The summed E-state index contributed by atoms with van der Waals surface area (Å²) < 4.78 is 0. The molecule has 1 N–H and O–H groups in total. The average molecular weight is 343 g/mol. The van der Waals surface area contributed by atoms with Crippen LogP contribution in [0, 0.1) is 0 Å². The van der Waals surface area contributed by atoms with Crippen LogP contribution in [0.4, 0.5) is 0 Å². The van der Waals surface area contributed by atoms with Gasteiger partial charge in [0.25, 0.3) is 0 Å². The number of hydrogen-bond donors (Lipinski definition) is 1. The lowest BCUT2D eigenvalue weighted by Crippen LogP contribution is -2.52. The van der Waals surface area contributed by atoms with E-state index in [9.17, 15) is 5.11 Å². The van der Waals surface area contributed by atoms with E-state index in [0.717, 1.165) is 6.54 Å². The molecule has 0 bridgehead atoms. The molecule has 3 atom stereocenters. The van der Waals surface area contributed by atoms with Crippen molar-refractivity contribution in [2.75, 3.05) is 6.54 Å². The van der Waals surface area contributed by atoms with E-state index >= 15 is 0 Å². The highest BCUT2D eigenvalue weighted by molar-refractivity contribution is 5.38. The molecule has 0 amide bonds. The number of rotatable bonds is 5. The average Bonchev–Trinajstić information content (AvgIpc) is 2.67. The van der Waals surface area contributed by atoms with Crippen molar-refractivity contribution >= 4 is 0 Å². The molecule has 0 aromatic heterocycles. The summed E-state index contributed by atoms with van der Waals surface area (Å²) in [5.41, 5.74) is 3.98. The molecule has 1 heterocycles. The smallest absolute Gasteiger partial charge is 0.115 e. The Morgan fingerprint density at radius 2 is 1.31 bits per heavy atom. The van der Waals surface area contributed by atoms with Gasteiger partial charge in [-0.2, -0.15) is 0 Å². The first kappa shape index (κ1) is 16.9. The molecule has 0 saturated carbocycles. The Morgan fingerprint density at radius 3 is 1.85 bits per heavy atom. The first-order chi connectivity index (χ1) is 12.7. The minimum atomic E-state index is 0.316. The standard InChI is InChI=1S/C24H25NO/c1-18(19-8-4-2-5-9-19)25-17-16-23(25)24(20-10-6-3-7-11-20)21-12-14-22(26)15-13-21/h2-15,18,23-24,26H,16-17H2,1H3/t18-,23-,24?/m0/s1. The monoisotopic (exact) mass is 343 g/mol. The Labute approximate surface area is 155 Å². The maximum Gasteiger partial charge on any atom is 0.115 e. The predicted molar refractivity (Wildman–Crippen MR) is 106 cm³/mol. The van der Waals surface area contributed by atoms with Gasteiger partial charge in [0.1, 0.15) is 5.75 Å². The second kappa shape index (κ2) is 7.35. The lowest BCUT2D eigenvalue weighted by atomic mass is 9.78. The van der Waals surface area contributed by atoms with Crippen molar-refractivity contribution in [2.24, 2.45) is 0 Å². The molecule has 1 aliphatic heterocycles. The molecular formula is C24H25NO. The molecule has 0 spiro atoms. The normalized spacial score (nSPS) is 19.5. The molecule has 1 unspecified atom stereocenters. The maximum absolute atomic E-state index is 9.70. The van der Waals surface area contributed by atoms with Crippen LogP contribution in [0.5, 0.6) is 5.75 Å². The quantitative estimate of drug-likeness (QED) is 0.674. The van der Waals surface area contributed by atoms with Crippen LogP contribution in [0.1, 0.15) is 42.0 Å². The van der Waals surface area contributed by atoms with E-state index in [1.165, 1.54) is 23.1 Å². The van der Waals surface area contributed by atoms with E-state index in [4.69, 9.17) is 0 Å². The van der Waals surface area contributed by atoms with Crippen LogP contribution < -0.4 is 0 Å². The molecule has 2 nitrogen and oxygen atoms in total. The Morgan fingerprint density at radius 1 is 0.769 bits per heavy atom. The van der Waals surface area contributed by atoms with Gasteiger partial charge in [0.15, 0.2) is 0 Å². The molecule has 26 heavy (non-hydrogen) atoms. The van der Waals surface area contributed by atoms with Crippen molar-refractivity contribution in [3.8, 4) is 5.75 Å². The van der Waals surface area contributed by atoms with E-state index in [0.29, 0.717) is 23.8 Å². The van der Waals surface area contributed by atoms with Gasteiger partial charge >= 0.3 is 0 Å². The summed E-state index contributed by atoms with van der Waals surface area (Å²) in [6.45, 7) is 3.43. The summed E-state index contributed by atoms with van der Waals surface area (Å²) >= 11 is 0. The van der Waals surface area contributed by atoms with Crippen LogP contribution in [-0.2, 0) is 0 Å². The molecule has 1 fully saturated rings. The van der Waals surface area contributed by atoms with E-state index < -0.39 is 0 Å². The van der Waals surface area contributed by atoms with Crippen molar-refractivity contribution in [1.29, 1.82) is 0 Å². The van der Waals surface area contributed by atoms with Crippen molar-refractivity contribution in [2.45, 2.75) is 31.3 Å². The zero-order valence-electron chi connectivity index (χ0n) is 15.1. The largest absolute Gasteiger partial charge is 0.508 e. The number of benzene rings is 3. The molecule has 3 aromatic rings. The van der Waals surface area contributed by atoms with Gasteiger partial charge in [-0.3, -0.25) is 4.90 Å². The topological polar surface area (TPSA) is 23.5 Å². The summed E-state index contributed by atoms with van der Waals surface area (Å²) in [5.74, 6) is 0.639. The van der Waals surface area contributed by atoms with Gasteiger partial charge in [-0.05, 0) is 42.2 Å². The van der Waals surface area contributed by atoms with Crippen molar-refractivity contribution in [1.82, 2.24) is 4.90 Å². The molecule has 0 aliphatic carbocycles. The van der Waals surface area contributed by atoms with Gasteiger partial charge in [0, 0.05) is 24.5 Å². The highest BCUT2D eigenvalue weighted by atomic mass is 16.3. The number of aromatic hydroxyl groups is 1. The van der Waals surface area contributed by atoms with Crippen LogP contribution in [0.3, 0.4) is 0 Å². The van der Waals surface area contributed by atoms with Crippen LogP contribution in [0.25, 0.3) is 0 Å². The number of likely N-dealkylation sites (tertiary alicyclic amines) is 1. The SMILES string of the molecule is C[C@@H](c1ccccc1)N1CC[C@H]1C(c1ccccc1)c1ccc(O)cc1. The molecular weight excluding hydrogens is 318 g/mol. The molecule has 132 valence electrons. The summed E-state index contributed by atoms with van der Waals surface area (Å²) in [5, 5.41) is 9.70. The number of hydrogen-bond acceptors (Lipinski definition) is 2. The zero-order valence-corrected chi connectivity index (χ0v) is 15.1. The zero-order chi connectivity index (χ0) is 17.9. The summed E-state index contributed by atoms with van der Waals surface area (Å²) in [6.07, 6.45) is 1.19. The van der Waals surface area contributed by atoms with Gasteiger partial charge in [0.2, 0.25) is 0 Å².